The largest absolute Gasteiger partial charge is 0.508 e. The first-order valence-corrected chi connectivity index (χ1v) is 10.3. The van der Waals surface area contributed by atoms with Gasteiger partial charge in [0.1, 0.15) is 17.4 Å². The number of rotatable bonds is 5. The van der Waals surface area contributed by atoms with E-state index < -0.39 is 11.8 Å². The van der Waals surface area contributed by atoms with Crippen molar-refractivity contribution in [1.29, 1.82) is 5.41 Å². The first kappa shape index (κ1) is 21.3. The minimum atomic E-state index is -0.552. The summed E-state index contributed by atoms with van der Waals surface area (Å²) in [6.07, 6.45) is 2.48. The summed E-state index contributed by atoms with van der Waals surface area (Å²) in [5.41, 5.74) is 1.42. The molecule has 3 aromatic rings. The van der Waals surface area contributed by atoms with Gasteiger partial charge in [0.05, 0.1) is 16.3 Å². The molecule has 4 rings (SSSR count). The molecule has 2 amide bonds. The van der Waals surface area contributed by atoms with E-state index in [-0.39, 0.29) is 22.8 Å². The third kappa shape index (κ3) is 4.70. The van der Waals surface area contributed by atoms with Crippen molar-refractivity contribution in [3.05, 3.63) is 82.5 Å². The molecular formula is C23H20ClN5O3. The fourth-order valence-corrected chi connectivity index (χ4v) is 3.27. The smallest absolute Gasteiger partial charge is 0.259 e. The normalized spacial score (nSPS) is 12.6. The summed E-state index contributed by atoms with van der Waals surface area (Å²) in [6, 6.07) is 13.9. The van der Waals surface area contributed by atoms with Crippen LogP contribution in [-0.4, -0.2) is 45.7 Å². The number of anilines is 2. The van der Waals surface area contributed by atoms with E-state index in [0.29, 0.717) is 16.4 Å². The molecule has 1 aliphatic rings. The molecule has 2 aromatic carbocycles. The Morgan fingerprint density at radius 2 is 1.69 bits per heavy atom. The molecule has 0 atom stereocenters. The second kappa shape index (κ2) is 9.07. The number of benzene rings is 2. The zero-order valence-corrected chi connectivity index (χ0v) is 17.7. The SMILES string of the molecule is N=C(c1ccc(C(=O)Nc2ccc(O)cc2C(=O)Nc2ccc(Cl)cn2)cc1)N1CCC1. The van der Waals surface area contributed by atoms with Gasteiger partial charge in [-0.2, -0.15) is 0 Å². The highest BCUT2D eigenvalue weighted by Crippen LogP contribution is 2.24. The lowest BCUT2D eigenvalue weighted by molar-refractivity contribution is 0.102. The number of phenols is 1. The number of carbonyl (C=O) groups is 2. The third-order valence-electron chi connectivity index (χ3n) is 5.06. The van der Waals surface area contributed by atoms with Crippen LogP contribution in [0.25, 0.3) is 0 Å². The van der Waals surface area contributed by atoms with E-state index in [4.69, 9.17) is 17.0 Å². The van der Waals surface area contributed by atoms with Gasteiger partial charge in [-0.25, -0.2) is 4.98 Å². The molecule has 0 aliphatic carbocycles. The molecule has 0 radical (unpaired) electrons. The molecule has 1 fully saturated rings. The van der Waals surface area contributed by atoms with Gasteiger partial charge < -0.3 is 20.6 Å². The molecule has 0 spiro atoms. The van der Waals surface area contributed by atoms with Crippen LogP contribution in [0.15, 0.2) is 60.8 Å². The van der Waals surface area contributed by atoms with Crippen LogP contribution in [0.2, 0.25) is 5.02 Å². The van der Waals surface area contributed by atoms with Gasteiger partial charge in [0, 0.05) is 30.4 Å². The monoisotopic (exact) mass is 449 g/mol. The summed E-state index contributed by atoms with van der Waals surface area (Å²) in [5, 5.41) is 23.8. The molecule has 4 N–H and O–H groups in total. The Morgan fingerprint density at radius 1 is 0.969 bits per heavy atom. The number of halogens is 1. The lowest BCUT2D eigenvalue weighted by Crippen LogP contribution is -2.42. The molecule has 0 saturated carbocycles. The highest BCUT2D eigenvalue weighted by atomic mass is 35.5. The maximum absolute atomic E-state index is 12.8. The zero-order valence-electron chi connectivity index (χ0n) is 16.9. The number of phenolic OH excluding ortho intramolecular Hbond substituents is 1. The number of likely N-dealkylation sites (tertiary alicyclic amines) is 1. The van der Waals surface area contributed by atoms with Crippen molar-refractivity contribution in [1.82, 2.24) is 9.88 Å². The number of amidine groups is 1. The van der Waals surface area contributed by atoms with E-state index in [0.717, 1.165) is 25.1 Å². The summed E-state index contributed by atoms with van der Waals surface area (Å²) in [6.45, 7) is 1.75. The standard InChI is InChI=1S/C23H20ClN5O3/c24-16-6-9-20(26-13-16)28-23(32)18-12-17(30)7-8-19(18)27-22(31)15-4-2-14(3-5-15)21(25)29-10-1-11-29/h2-9,12-13,25,30H,1,10-11H2,(H,27,31)(H,26,28,32). The van der Waals surface area contributed by atoms with Crippen LogP contribution in [-0.2, 0) is 0 Å². The van der Waals surface area contributed by atoms with E-state index in [2.05, 4.69) is 15.6 Å². The summed E-state index contributed by atoms with van der Waals surface area (Å²) >= 11 is 5.81. The van der Waals surface area contributed by atoms with E-state index in [1.807, 2.05) is 4.90 Å². The predicted octanol–water partition coefficient (Wildman–Crippen LogP) is 3.98. The molecule has 8 nitrogen and oxygen atoms in total. The average molecular weight is 450 g/mol. The number of hydrogen-bond acceptors (Lipinski definition) is 5. The van der Waals surface area contributed by atoms with Gasteiger partial charge in [0.25, 0.3) is 11.8 Å². The number of nitrogens with one attached hydrogen (secondary N) is 3. The van der Waals surface area contributed by atoms with Crippen molar-refractivity contribution >= 4 is 40.8 Å². The third-order valence-corrected chi connectivity index (χ3v) is 5.28. The van der Waals surface area contributed by atoms with Crippen molar-refractivity contribution in [2.24, 2.45) is 0 Å². The van der Waals surface area contributed by atoms with Crippen LogP contribution in [0, 0.1) is 5.41 Å². The quantitative estimate of drug-likeness (QED) is 0.267. The summed E-state index contributed by atoms with van der Waals surface area (Å²) in [7, 11) is 0. The van der Waals surface area contributed by atoms with Gasteiger partial charge >= 0.3 is 0 Å². The molecule has 162 valence electrons. The van der Waals surface area contributed by atoms with Gasteiger partial charge in [-0.05, 0) is 48.9 Å². The summed E-state index contributed by atoms with van der Waals surface area (Å²) in [4.78, 5) is 31.5. The lowest BCUT2D eigenvalue weighted by atomic mass is 10.1. The summed E-state index contributed by atoms with van der Waals surface area (Å²) < 4.78 is 0. The van der Waals surface area contributed by atoms with E-state index in [9.17, 15) is 14.7 Å². The van der Waals surface area contributed by atoms with Gasteiger partial charge in [0.2, 0.25) is 0 Å². The molecule has 32 heavy (non-hydrogen) atoms. The van der Waals surface area contributed by atoms with Crippen LogP contribution >= 0.6 is 11.6 Å². The Kier molecular flexibility index (Phi) is 6.04. The maximum atomic E-state index is 12.8. The van der Waals surface area contributed by atoms with Gasteiger partial charge in [-0.3, -0.25) is 15.0 Å². The Labute approximate surface area is 189 Å². The first-order valence-electron chi connectivity index (χ1n) is 9.92. The van der Waals surface area contributed by atoms with Crippen LogP contribution in [0.3, 0.4) is 0 Å². The maximum Gasteiger partial charge on any atom is 0.259 e. The van der Waals surface area contributed by atoms with Gasteiger partial charge in [0.15, 0.2) is 0 Å². The van der Waals surface area contributed by atoms with Crippen LogP contribution < -0.4 is 10.6 Å². The number of aromatic hydroxyl groups is 1. The Bertz CT molecular complexity index is 1180. The topological polar surface area (TPSA) is 118 Å². The Balaban J connectivity index is 1.49. The molecule has 0 bridgehead atoms. The van der Waals surface area contributed by atoms with Crippen LogP contribution in [0.5, 0.6) is 5.75 Å². The van der Waals surface area contributed by atoms with Crippen molar-refractivity contribution in [2.75, 3.05) is 23.7 Å². The molecule has 1 saturated heterocycles. The number of aromatic nitrogens is 1. The van der Waals surface area contributed by atoms with Crippen LogP contribution in [0.4, 0.5) is 11.5 Å². The molecular weight excluding hydrogens is 430 g/mol. The Morgan fingerprint density at radius 3 is 2.31 bits per heavy atom. The minimum absolute atomic E-state index is 0.0753. The fraction of sp³-hybridized carbons (Fsp3) is 0.130. The predicted molar refractivity (Wildman–Crippen MR) is 123 cm³/mol. The highest BCUT2D eigenvalue weighted by molar-refractivity contribution is 6.30. The summed E-state index contributed by atoms with van der Waals surface area (Å²) in [5.74, 6) is -0.372. The number of hydrogen-bond donors (Lipinski definition) is 4. The highest BCUT2D eigenvalue weighted by Gasteiger charge is 2.19. The molecule has 9 heteroatoms. The zero-order chi connectivity index (χ0) is 22.7. The van der Waals surface area contributed by atoms with Crippen molar-refractivity contribution < 1.29 is 14.7 Å². The van der Waals surface area contributed by atoms with Crippen LogP contribution in [0.1, 0.15) is 32.7 Å². The number of carbonyl (C=O) groups excluding carboxylic acids is 2. The minimum Gasteiger partial charge on any atom is -0.508 e. The second-order valence-electron chi connectivity index (χ2n) is 7.27. The molecule has 0 unspecified atom stereocenters. The number of nitrogens with zero attached hydrogens (tertiary/aromatic N) is 2. The number of amides is 2. The average Bonchev–Trinajstić information content (AvgIpc) is 2.75. The van der Waals surface area contributed by atoms with Gasteiger partial charge in [-0.1, -0.05) is 23.7 Å². The van der Waals surface area contributed by atoms with Crippen molar-refractivity contribution in [3.8, 4) is 5.75 Å². The van der Waals surface area contributed by atoms with Gasteiger partial charge in [-0.15, -0.1) is 0 Å². The first-order chi connectivity index (χ1) is 15.4. The van der Waals surface area contributed by atoms with Crippen molar-refractivity contribution in [3.63, 3.8) is 0 Å². The van der Waals surface area contributed by atoms with Crippen molar-refractivity contribution in [2.45, 2.75) is 6.42 Å². The molecule has 1 aromatic heterocycles. The molecule has 2 heterocycles. The van der Waals surface area contributed by atoms with E-state index in [1.165, 1.54) is 24.4 Å². The second-order valence-corrected chi connectivity index (χ2v) is 7.70. The number of pyridine rings is 1. The molecule has 1 aliphatic heterocycles. The Hall–Kier alpha value is -3.91. The fourth-order valence-electron chi connectivity index (χ4n) is 3.16. The lowest BCUT2D eigenvalue weighted by Gasteiger charge is -2.33. The van der Waals surface area contributed by atoms with E-state index >= 15 is 0 Å². The van der Waals surface area contributed by atoms with E-state index in [1.54, 1.807) is 36.4 Å².